The summed E-state index contributed by atoms with van der Waals surface area (Å²) in [6.45, 7) is 8.30. The first-order valence-electron chi connectivity index (χ1n) is 6.59. The molecule has 1 rings (SSSR count). The Bertz CT molecular complexity index is 319. The van der Waals surface area contributed by atoms with Crippen LogP contribution >= 0.6 is 0 Å². The van der Waals surface area contributed by atoms with Crippen molar-refractivity contribution in [2.75, 3.05) is 26.7 Å². The smallest absolute Gasteiger partial charge is 0.195 e. The Hall–Kier alpha value is -0.130. The van der Waals surface area contributed by atoms with Crippen molar-refractivity contribution in [3.8, 4) is 0 Å². The zero-order valence-electron chi connectivity index (χ0n) is 11.5. The largest absolute Gasteiger partial charge is 0.281 e. The Balaban J connectivity index is 2.68. The van der Waals surface area contributed by atoms with Crippen molar-refractivity contribution < 1.29 is 8.42 Å². The fraction of sp³-hybridized carbons (Fsp3) is 1.00. The number of nitrogens with zero attached hydrogens (tertiary/aromatic N) is 2. The highest BCUT2D eigenvalue weighted by Gasteiger charge is 2.32. The topological polar surface area (TPSA) is 40.6 Å². The summed E-state index contributed by atoms with van der Waals surface area (Å²) in [5, 5.41) is 0. The van der Waals surface area contributed by atoms with Gasteiger partial charge in [0.15, 0.2) is 0 Å². The first-order chi connectivity index (χ1) is 7.87. The molecule has 0 spiro atoms. The van der Waals surface area contributed by atoms with E-state index in [0.717, 1.165) is 19.3 Å². The zero-order chi connectivity index (χ0) is 13.1. The maximum absolute atomic E-state index is 12.3. The van der Waals surface area contributed by atoms with Crippen LogP contribution in [0.25, 0.3) is 0 Å². The quantitative estimate of drug-likeness (QED) is 0.760. The van der Waals surface area contributed by atoms with Gasteiger partial charge in [-0.15, -0.1) is 0 Å². The van der Waals surface area contributed by atoms with Gasteiger partial charge in [0.1, 0.15) is 0 Å². The molecule has 1 saturated heterocycles. The highest BCUT2D eigenvalue weighted by Crippen LogP contribution is 2.24. The van der Waals surface area contributed by atoms with Crippen LogP contribution in [0.15, 0.2) is 0 Å². The van der Waals surface area contributed by atoms with Gasteiger partial charge in [-0.25, -0.2) is 0 Å². The van der Waals surface area contributed by atoms with E-state index in [1.54, 1.807) is 11.4 Å². The van der Waals surface area contributed by atoms with Crippen LogP contribution in [0.1, 0.15) is 40.0 Å². The van der Waals surface area contributed by atoms with Crippen LogP contribution in [-0.4, -0.2) is 43.7 Å². The van der Waals surface area contributed by atoms with E-state index in [4.69, 9.17) is 0 Å². The molecule has 2 atom stereocenters. The van der Waals surface area contributed by atoms with E-state index in [-0.39, 0.29) is 0 Å². The van der Waals surface area contributed by atoms with Crippen LogP contribution in [0.3, 0.4) is 0 Å². The summed E-state index contributed by atoms with van der Waals surface area (Å²) in [5.74, 6) is 0.932. The molecule has 0 N–H and O–H groups in total. The summed E-state index contributed by atoms with van der Waals surface area (Å²) >= 11 is 0. The number of piperidine rings is 1. The summed E-state index contributed by atoms with van der Waals surface area (Å²) in [6.07, 6.45) is 3.08. The van der Waals surface area contributed by atoms with Crippen molar-refractivity contribution in [3.63, 3.8) is 0 Å². The highest BCUT2D eigenvalue weighted by molar-refractivity contribution is 7.86. The molecule has 0 aliphatic carbocycles. The molecule has 1 heterocycles. The van der Waals surface area contributed by atoms with Gasteiger partial charge >= 0.3 is 0 Å². The van der Waals surface area contributed by atoms with Crippen LogP contribution in [0.2, 0.25) is 0 Å². The van der Waals surface area contributed by atoms with E-state index in [1.165, 1.54) is 4.31 Å². The molecule has 1 aliphatic heterocycles. The molecule has 0 saturated carbocycles. The molecule has 0 amide bonds. The molecule has 0 aromatic heterocycles. The second-order valence-electron chi connectivity index (χ2n) is 5.45. The van der Waals surface area contributed by atoms with Crippen LogP contribution in [0.4, 0.5) is 0 Å². The van der Waals surface area contributed by atoms with Gasteiger partial charge in [-0.3, -0.25) is 0 Å². The lowest BCUT2D eigenvalue weighted by Gasteiger charge is -2.36. The van der Waals surface area contributed by atoms with Gasteiger partial charge in [-0.05, 0) is 24.7 Å². The molecule has 4 nitrogen and oxygen atoms in total. The van der Waals surface area contributed by atoms with Crippen LogP contribution in [0, 0.1) is 11.8 Å². The average molecular weight is 262 g/mol. The molecule has 0 aromatic carbocycles. The molecule has 17 heavy (non-hydrogen) atoms. The van der Waals surface area contributed by atoms with Crippen LogP contribution in [-0.2, 0) is 10.2 Å². The summed E-state index contributed by atoms with van der Waals surface area (Å²) in [6, 6.07) is 0. The third kappa shape index (κ3) is 3.93. The maximum Gasteiger partial charge on any atom is 0.281 e. The number of hydrogen-bond donors (Lipinski definition) is 0. The zero-order valence-corrected chi connectivity index (χ0v) is 12.3. The Morgan fingerprint density at radius 3 is 2.24 bits per heavy atom. The molecule has 0 radical (unpaired) electrons. The van der Waals surface area contributed by atoms with Crippen molar-refractivity contribution in [1.82, 2.24) is 8.61 Å². The normalized spacial score (nSPS) is 27.6. The standard InChI is InChI=1S/C12H26N2O2S/c1-5-6-7-13(4)17(15,16)14-9-11(2)8-12(3)10-14/h11-12H,5-10H2,1-4H3. The second-order valence-corrected chi connectivity index (χ2v) is 7.48. The Labute approximate surface area is 106 Å². The lowest BCUT2D eigenvalue weighted by Crippen LogP contribution is -2.48. The summed E-state index contributed by atoms with van der Waals surface area (Å²) in [5.41, 5.74) is 0. The van der Waals surface area contributed by atoms with Crippen molar-refractivity contribution >= 4 is 10.2 Å². The SMILES string of the molecule is CCCCN(C)S(=O)(=O)N1CC(C)CC(C)C1. The molecular weight excluding hydrogens is 236 g/mol. The third-order valence-electron chi connectivity index (χ3n) is 3.38. The van der Waals surface area contributed by atoms with Crippen LogP contribution in [0.5, 0.6) is 0 Å². The van der Waals surface area contributed by atoms with Gasteiger partial charge < -0.3 is 0 Å². The average Bonchev–Trinajstić information content (AvgIpc) is 2.24. The summed E-state index contributed by atoms with van der Waals surface area (Å²) < 4.78 is 27.8. The Morgan fingerprint density at radius 1 is 1.24 bits per heavy atom. The molecule has 0 aromatic rings. The predicted octanol–water partition coefficient (Wildman–Crippen LogP) is 1.94. The Kier molecular flexibility index (Phi) is 5.41. The fourth-order valence-electron chi connectivity index (χ4n) is 2.49. The van der Waals surface area contributed by atoms with E-state index >= 15 is 0 Å². The van der Waals surface area contributed by atoms with Gasteiger partial charge in [0.25, 0.3) is 10.2 Å². The van der Waals surface area contributed by atoms with Crippen molar-refractivity contribution in [1.29, 1.82) is 0 Å². The van der Waals surface area contributed by atoms with Crippen molar-refractivity contribution in [2.24, 2.45) is 11.8 Å². The number of rotatable bonds is 5. The van der Waals surface area contributed by atoms with E-state index < -0.39 is 10.2 Å². The fourth-order valence-corrected chi connectivity index (χ4v) is 4.13. The van der Waals surface area contributed by atoms with Gasteiger partial charge in [0.2, 0.25) is 0 Å². The second kappa shape index (κ2) is 6.16. The van der Waals surface area contributed by atoms with E-state index in [1.807, 2.05) is 0 Å². The van der Waals surface area contributed by atoms with E-state index in [2.05, 4.69) is 20.8 Å². The molecular formula is C12H26N2O2S. The first kappa shape index (κ1) is 14.9. The molecule has 2 unspecified atom stereocenters. The Morgan fingerprint density at radius 2 is 1.76 bits per heavy atom. The van der Waals surface area contributed by atoms with Gasteiger partial charge in [-0.1, -0.05) is 27.2 Å². The maximum atomic E-state index is 12.3. The minimum Gasteiger partial charge on any atom is -0.195 e. The van der Waals surface area contributed by atoms with Crippen molar-refractivity contribution in [3.05, 3.63) is 0 Å². The van der Waals surface area contributed by atoms with Crippen molar-refractivity contribution in [2.45, 2.75) is 40.0 Å². The van der Waals surface area contributed by atoms with Gasteiger partial charge in [0.05, 0.1) is 0 Å². The number of unbranched alkanes of at least 4 members (excludes halogenated alkanes) is 1. The van der Waals surface area contributed by atoms with Gasteiger partial charge in [-0.2, -0.15) is 17.0 Å². The molecule has 102 valence electrons. The summed E-state index contributed by atoms with van der Waals surface area (Å²) in [4.78, 5) is 0. The molecule has 5 heteroatoms. The highest BCUT2D eigenvalue weighted by atomic mass is 32.2. The third-order valence-corrected chi connectivity index (χ3v) is 5.30. The first-order valence-corrected chi connectivity index (χ1v) is 7.99. The van der Waals surface area contributed by atoms with Gasteiger partial charge in [0, 0.05) is 26.7 Å². The lowest BCUT2D eigenvalue weighted by molar-refractivity contribution is 0.211. The van der Waals surface area contributed by atoms with E-state index in [0.29, 0.717) is 31.5 Å². The summed E-state index contributed by atoms with van der Waals surface area (Å²) in [7, 11) is -1.54. The number of hydrogen-bond acceptors (Lipinski definition) is 2. The van der Waals surface area contributed by atoms with Crippen LogP contribution < -0.4 is 0 Å². The minimum absolute atomic E-state index is 0.466. The molecule has 1 fully saturated rings. The molecule has 1 aliphatic rings. The van der Waals surface area contributed by atoms with E-state index in [9.17, 15) is 8.42 Å². The monoisotopic (exact) mass is 262 g/mol. The predicted molar refractivity (Wildman–Crippen MR) is 71.0 cm³/mol. The minimum atomic E-state index is -3.23. The molecule has 0 bridgehead atoms. The lowest BCUT2D eigenvalue weighted by atomic mass is 9.94.